The average Bonchev–Trinajstić information content (AvgIpc) is 3.19. The third-order valence-corrected chi connectivity index (χ3v) is 22.8. The topological polar surface area (TPSA) is 178 Å². The van der Waals surface area contributed by atoms with Crippen LogP contribution in [0.1, 0.15) is 160 Å². The van der Waals surface area contributed by atoms with Gasteiger partial charge in [-0.2, -0.15) is 0 Å². The molecule has 354 valence electrons. The molecule has 9 unspecified atom stereocenters. The van der Waals surface area contributed by atoms with Crippen molar-refractivity contribution < 1.29 is 68.1 Å². The van der Waals surface area contributed by atoms with Crippen molar-refractivity contribution in [2.75, 3.05) is 52.9 Å². The van der Waals surface area contributed by atoms with Crippen LogP contribution in [0, 0.1) is 0 Å². The van der Waals surface area contributed by atoms with E-state index < -0.39 is 55.0 Å². The molecule has 0 rings (SSSR count). The van der Waals surface area contributed by atoms with Gasteiger partial charge in [0.25, 0.3) is 0 Å². The molecule has 0 aromatic rings. The van der Waals surface area contributed by atoms with Gasteiger partial charge in [0.05, 0.1) is 81.2 Å². The molecule has 0 radical (unpaired) electrons. The lowest BCUT2D eigenvalue weighted by molar-refractivity contribution is 0.195. The van der Waals surface area contributed by atoms with Crippen LogP contribution in [0.15, 0.2) is 12.5 Å². The third-order valence-electron chi connectivity index (χ3n) is 9.77. The van der Waals surface area contributed by atoms with E-state index in [2.05, 4.69) is 0 Å². The van der Waals surface area contributed by atoms with Gasteiger partial charge >= 0.3 is 38.0 Å². The molecule has 0 amide bonds. The first kappa shape index (κ1) is 59.2. The number of rotatable bonds is 40. The van der Waals surface area contributed by atoms with E-state index in [4.69, 9.17) is 45.2 Å². The van der Waals surface area contributed by atoms with Crippen LogP contribution in [0.3, 0.4) is 0 Å². The van der Waals surface area contributed by atoms with Gasteiger partial charge in [-0.3, -0.25) is 22.7 Å². The van der Waals surface area contributed by atoms with Crippen LogP contribution < -0.4 is 0 Å². The van der Waals surface area contributed by atoms with Gasteiger partial charge in [-0.05, 0) is 99.8 Å². The summed E-state index contributed by atoms with van der Waals surface area (Å²) in [5.74, 6) is 0. The Morgan fingerprint density at radius 2 is 0.814 bits per heavy atom. The Morgan fingerprint density at radius 1 is 0.390 bits per heavy atom. The highest BCUT2D eigenvalue weighted by Crippen LogP contribution is 2.66. The lowest BCUT2D eigenvalue weighted by Gasteiger charge is -2.35. The van der Waals surface area contributed by atoms with E-state index in [0.29, 0.717) is 70.8 Å². The van der Waals surface area contributed by atoms with Crippen molar-refractivity contribution in [3.63, 3.8) is 0 Å². The second-order valence-corrected chi connectivity index (χ2v) is 25.9. The van der Waals surface area contributed by atoms with E-state index in [1.54, 1.807) is 48.5 Å². The van der Waals surface area contributed by atoms with Gasteiger partial charge < -0.3 is 36.2 Å². The van der Waals surface area contributed by atoms with Crippen molar-refractivity contribution >= 4 is 38.0 Å². The molecule has 15 nitrogen and oxygen atoms in total. The number of hydrogen-bond donors (Lipinski definition) is 0. The second kappa shape index (κ2) is 31.9. The SMILES string of the molecule is CCCOP(=O)(OCC)C(C)CCCC(CCCCCC(C(CC)P(=O)(OCC)OCCC)P(=O)(O/C=C\OP(=O)(OCC)C(C)CC)OCC)P(=O)(OCC)OCC. The fraction of sp³-hybridized carbons (Fsp3) is 0.949. The van der Waals surface area contributed by atoms with E-state index >= 15 is 0 Å². The molecular weight excluding hydrogens is 863 g/mol. The maximum atomic E-state index is 14.9. The minimum atomic E-state index is -4.10. The maximum absolute atomic E-state index is 14.9. The normalized spacial score (nSPS) is 19.2. The summed E-state index contributed by atoms with van der Waals surface area (Å²) in [6.45, 7) is 23.3. The van der Waals surface area contributed by atoms with Crippen molar-refractivity contribution in [3.05, 3.63) is 12.5 Å². The zero-order valence-corrected chi connectivity index (χ0v) is 43.0. The number of hydrogen-bond acceptors (Lipinski definition) is 15. The summed E-state index contributed by atoms with van der Waals surface area (Å²) in [5, 5.41) is 0. The minimum absolute atomic E-state index is 0.0349. The van der Waals surface area contributed by atoms with Crippen molar-refractivity contribution in [2.45, 2.75) is 188 Å². The smallest absolute Gasteiger partial charge is 0.382 e. The molecule has 0 saturated carbocycles. The summed E-state index contributed by atoms with van der Waals surface area (Å²) >= 11 is 0. The van der Waals surface area contributed by atoms with E-state index in [9.17, 15) is 22.8 Å². The van der Waals surface area contributed by atoms with E-state index in [1.807, 2.05) is 34.6 Å². The molecule has 0 saturated heterocycles. The fourth-order valence-corrected chi connectivity index (χ4v) is 17.7. The van der Waals surface area contributed by atoms with E-state index in [1.165, 1.54) is 0 Å². The Kier molecular flexibility index (Phi) is 32.0. The van der Waals surface area contributed by atoms with Crippen molar-refractivity contribution in [2.24, 2.45) is 0 Å². The molecule has 20 heteroatoms. The Labute approximate surface area is 358 Å². The van der Waals surface area contributed by atoms with Gasteiger partial charge in [-0.15, -0.1) is 0 Å². The van der Waals surface area contributed by atoms with E-state index in [-0.39, 0.29) is 64.0 Å². The van der Waals surface area contributed by atoms with Gasteiger partial charge in [-0.1, -0.05) is 60.3 Å². The summed E-state index contributed by atoms with van der Waals surface area (Å²) in [7, 11) is -18.3. The monoisotopic (exact) mass is 946 g/mol. The molecule has 0 aliphatic rings. The highest BCUT2D eigenvalue weighted by Gasteiger charge is 2.50. The molecule has 0 bridgehead atoms. The van der Waals surface area contributed by atoms with Crippen LogP contribution in [0.4, 0.5) is 0 Å². The predicted molar refractivity (Wildman–Crippen MR) is 239 cm³/mol. The zero-order chi connectivity index (χ0) is 45.0. The molecule has 9 atom stereocenters. The quantitative estimate of drug-likeness (QED) is 0.0322. The van der Waals surface area contributed by atoms with Crippen LogP contribution in [0.25, 0.3) is 0 Å². The minimum Gasteiger partial charge on any atom is -0.429 e. The third kappa shape index (κ3) is 20.3. The van der Waals surface area contributed by atoms with E-state index in [0.717, 1.165) is 18.9 Å². The Bertz CT molecular complexity index is 1360. The summed E-state index contributed by atoms with van der Waals surface area (Å²) in [6, 6.07) is 0. The predicted octanol–water partition coefficient (Wildman–Crippen LogP) is 14.4. The van der Waals surface area contributed by atoms with Gasteiger partial charge in [0.2, 0.25) is 0 Å². The van der Waals surface area contributed by atoms with Gasteiger partial charge in [0.15, 0.2) is 0 Å². The molecule has 0 aliphatic carbocycles. The molecule has 0 aromatic heterocycles. The van der Waals surface area contributed by atoms with Crippen LogP contribution >= 0.6 is 38.0 Å². The maximum Gasteiger partial charge on any atom is 0.382 e. The first-order valence-electron chi connectivity index (χ1n) is 22.2. The standard InChI is InChI=1S/C39H83O15P5/c1-13-31-51-56(41,46-18-6)36(12)27-26-29-37(57(42,47-19-7)48-20-8)28-24-23-25-30-39(38(16-4)58(43,49-21-9)52-32-14-2)59(44,50-22-10)54-34-33-53-55(40,45-17-5)35(11)15-3/h33-39H,13-32H2,1-12H3/b34-33-. The van der Waals surface area contributed by atoms with Crippen molar-refractivity contribution in [1.82, 2.24) is 0 Å². The first-order valence-corrected chi connectivity index (χ1v) is 30.2. The lowest BCUT2D eigenvalue weighted by atomic mass is 10.0. The molecule has 0 spiro atoms. The first-order chi connectivity index (χ1) is 28.0. The van der Waals surface area contributed by atoms with Crippen LogP contribution in [0.2, 0.25) is 0 Å². The Morgan fingerprint density at radius 3 is 1.31 bits per heavy atom. The van der Waals surface area contributed by atoms with Gasteiger partial charge in [0.1, 0.15) is 12.5 Å². The lowest BCUT2D eigenvalue weighted by Crippen LogP contribution is -2.29. The van der Waals surface area contributed by atoms with Crippen molar-refractivity contribution in [3.8, 4) is 0 Å². The van der Waals surface area contributed by atoms with Crippen LogP contribution in [-0.4, -0.2) is 81.2 Å². The summed E-state index contributed by atoms with van der Waals surface area (Å²) in [6.07, 6.45) is 8.57. The highest BCUT2D eigenvalue weighted by atomic mass is 31.2. The van der Waals surface area contributed by atoms with Crippen LogP contribution in [0.5, 0.6) is 0 Å². The summed E-state index contributed by atoms with van der Waals surface area (Å²) < 4.78 is 128. The molecule has 0 aromatic carbocycles. The molecule has 0 aliphatic heterocycles. The molecular formula is C39H83O15P5. The number of unbranched alkanes of at least 4 members (excludes halogenated alkanes) is 2. The second-order valence-electron chi connectivity index (χ2n) is 14.2. The van der Waals surface area contributed by atoms with Gasteiger partial charge in [-0.25, -0.2) is 9.13 Å². The summed E-state index contributed by atoms with van der Waals surface area (Å²) in [5.41, 5.74) is -2.90. The van der Waals surface area contributed by atoms with Crippen molar-refractivity contribution in [1.29, 1.82) is 0 Å². The zero-order valence-electron chi connectivity index (χ0n) is 38.5. The molecule has 0 heterocycles. The Balaban J connectivity index is 6.50. The molecule has 59 heavy (non-hydrogen) atoms. The fourth-order valence-electron chi connectivity index (χ4n) is 6.64. The van der Waals surface area contributed by atoms with Crippen LogP contribution in [-0.2, 0) is 68.1 Å². The molecule has 0 fully saturated rings. The Hall–Kier alpha value is 0.170. The average molecular weight is 947 g/mol. The summed E-state index contributed by atoms with van der Waals surface area (Å²) in [4.78, 5) is 0. The molecule has 0 N–H and O–H groups in total. The highest BCUT2D eigenvalue weighted by molar-refractivity contribution is 7.59. The largest absolute Gasteiger partial charge is 0.429 e. The van der Waals surface area contributed by atoms with Gasteiger partial charge in [0, 0.05) is 0 Å².